The Kier molecular flexibility index (Phi) is 8.04. The van der Waals surface area contributed by atoms with Crippen molar-refractivity contribution in [3.8, 4) is 5.75 Å². The van der Waals surface area contributed by atoms with Crippen LogP contribution in [0.2, 0.25) is 0 Å². The summed E-state index contributed by atoms with van der Waals surface area (Å²) in [5, 5.41) is 3.66. The number of likely N-dealkylation sites (tertiary alicyclic amines) is 1. The highest BCUT2D eigenvalue weighted by molar-refractivity contribution is 5.85. The van der Waals surface area contributed by atoms with E-state index in [1.807, 2.05) is 36.1 Å². The molecule has 0 atom stereocenters. The smallest absolute Gasteiger partial charge is 0.222 e. The first-order chi connectivity index (χ1) is 11.7. The van der Waals surface area contributed by atoms with Gasteiger partial charge in [-0.15, -0.1) is 12.4 Å². The van der Waals surface area contributed by atoms with Gasteiger partial charge in [0.15, 0.2) is 0 Å². The van der Waals surface area contributed by atoms with Gasteiger partial charge in [-0.1, -0.05) is 18.2 Å². The molecule has 140 valence electrons. The Hall–Kier alpha value is -1.26. The molecule has 0 aromatic heterocycles. The number of para-hydroxylation sites is 1. The highest BCUT2D eigenvalue weighted by atomic mass is 35.5. The molecular formula is C20H31ClN2O2. The number of amides is 1. The summed E-state index contributed by atoms with van der Waals surface area (Å²) in [7, 11) is 0. The lowest BCUT2D eigenvalue weighted by molar-refractivity contribution is -0.132. The molecule has 1 N–H and O–H groups in total. The Labute approximate surface area is 157 Å². The zero-order chi connectivity index (χ0) is 16.8. The van der Waals surface area contributed by atoms with Crippen LogP contribution in [0.5, 0.6) is 5.75 Å². The zero-order valence-corrected chi connectivity index (χ0v) is 16.0. The summed E-state index contributed by atoms with van der Waals surface area (Å²) in [4.78, 5) is 14.3. The maximum absolute atomic E-state index is 12.3. The molecule has 1 aromatic carbocycles. The van der Waals surface area contributed by atoms with Crippen molar-refractivity contribution in [2.24, 2.45) is 5.92 Å². The molecule has 1 saturated heterocycles. The number of piperidine rings is 1. The molecule has 25 heavy (non-hydrogen) atoms. The van der Waals surface area contributed by atoms with E-state index in [1.165, 1.54) is 19.4 Å². The largest absolute Gasteiger partial charge is 0.493 e. The Balaban J connectivity index is 0.00000225. The third kappa shape index (κ3) is 6.52. The number of benzene rings is 1. The first-order valence-corrected chi connectivity index (χ1v) is 9.42. The van der Waals surface area contributed by atoms with Gasteiger partial charge < -0.3 is 15.0 Å². The lowest BCUT2D eigenvalue weighted by atomic mass is 10.0. The van der Waals surface area contributed by atoms with Crippen molar-refractivity contribution in [2.45, 2.75) is 51.5 Å². The van der Waals surface area contributed by atoms with E-state index in [1.54, 1.807) is 0 Å². The molecule has 1 aliphatic heterocycles. The van der Waals surface area contributed by atoms with E-state index in [-0.39, 0.29) is 18.3 Å². The van der Waals surface area contributed by atoms with Crippen LogP contribution in [0.15, 0.2) is 24.3 Å². The van der Waals surface area contributed by atoms with Gasteiger partial charge in [-0.25, -0.2) is 0 Å². The van der Waals surface area contributed by atoms with Crippen LogP contribution in [0, 0.1) is 12.8 Å². The molecule has 5 heteroatoms. The van der Waals surface area contributed by atoms with Crippen molar-refractivity contribution in [3.63, 3.8) is 0 Å². The molecule has 1 saturated carbocycles. The van der Waals surface area contributed by atoms with Crippen molar-refractivity contribution >= 4 is 18.3 Å². The van der Waals surface area contributed by atoms with Crippen LogP contribution in [-0.2, 0) is 4.79 Å². The normalized spacial score (nSPS) is 17.9. The van der Waals surface area contributed by atoms with E-state index >= 15 is 0 Å². The maximum atomic E-state index is 12.3. The minimum absolute atomic E-state index is 0. The number of rotatable bonds is 8. The van der Waals surface area contributed by atoms with E-state index in [0.717, 1.165) is 49.6 Å². The fraction of sp³-hybridized carbons (Fsp3) is 0.650. The number of halogens is 1. The number of aryl methyl sites for hydroxylation is 1. The predicted octanol–water partition coefficient (Wildman–Crippen LogP) is 3.57. The molecule has 3 rings (SSSR count). The quantitative estimate of drug-likeness (QED) is 0.715. The number of carbonyl (C=O) groups is 1. The first kappa shape index (κ1) is 20.1. The predicted molar refractivity (Wildman–Crippen MR) is 103 cm³/mol. The van der Waals surface area contributed by atoms with E-state index in [0.29, 0.717) is 19.1 Å². The van der Waals surface area contributed by atoms with Crippen LogP contribution in [-0.4, -0.2) is 43.1 Å². The van der Waals surface area contributed by atoms with Crippen LogP contribution < -0.4 is 10.1 Å². The van der Waals surface area contributed by atoms with Crippen LogP contribution in [0.1, 0.15) is 44.1 Å². The lowest BCUT2D eigenvalue weighted by Gasteiger charge is -2.32. The third-order valence-electron chi connectivity index (χ3n) is 5.13. The van der Waals surface area contributed by atoms with Crippen LogP contribution in [0.3, 0.4) is 0 Å². The van der Waals surface area contributed by atoms with Crippen LogP contribution >= 0.6 is 12.4 Å². The van der Waals surface area contributed by atoms with E-state index in [4.69, 9.17) is 4.74 Å². The lowest BCUT2D eigenvalue weighted by Crippen LogP contribution is -2.45. The SMILES string of the molecule is Cc1ccccc1OCCCC(=O)N1CCC(NCC2CC2)CC1.Cl. The van der Waals surface area contributed by atoms with Crippen molar-refractivity contribution in [3.05, 3.63) is 29.8 Å². The molecule has 1 aromatic rings. The summed E-state index contributed by atoms with van der Waals surface area (Å²) >= 11 is 0. The average molecular weight is 367 g/mol. The fourth-order valence-electron chi connectivity index (χ4n) is 3.27. The Bertz CT molecular complexity index is 540. The average Bonchev–Trinajstić information content (AvgIpc) is 3.43. The molecule has 0 bridgehead atoms. The summed E-state index contributed by atoms with van der Waals surface area (Å²) in [6, 6.07) is 8.63. The van der Waals surface area contributed by atoms with Crippen molar-refractivity contribution in [1.82, 2.24) is 10.2 Å². The summed E-state index contributed by atoms with van der Waals surface area (Å²) in [6.07, 6.45) is 6.36. The van der Waals surface area contributed by atoms with Gasteiger partial charge in [0.1, 0.15) is 5.75 Å². The molecule has 1 heterocycles. The van der Waals surface area contributed by atoms with Gasteiger partial charge in [-0.2, -0.15) is 0 Å². The van der Waals surface area contributed by atoms with Crippen molar-refractivity contribution in [1.29, 1.82) is 0 Å². The second-order valence-corrected chi connectivity index (χ2v) is 7.22. The first-order valence-electron chi connectivity index (χ1n) is 9.42. The van der Waals surface area contributed by atoms with Gasteiger partial charge in [-0.05, 0) is 63.1 Å². The Morgan fingerprint density at radius 2 is 1.92 bits per heavy atom. The van der Waals surface area contributed by atoms with Gasteiger partial charge in [0.05, 0.1) is 6.61 Å². The van der Waals surface area contributed by atoms with Crippen molar-refractivity contribution < 1.29 is 9.53 Å². The molecule has 1 amide bonds. The van der Waals surface area contributed by atoms with Gasteiger partial charge in [-0.3, -0.25) is 4.79 Å². The molecule has 1 aliphatic carbocycles. The van der Waals surface area contributed by atoms with Gasteiger partial charge in [0.2, 0.25) is 5.91 Å². The highest BCUT2D eigenvalue weighted by Gasteiger charge is 2.25. The Morgan fingerprint density at radius 1 is 1.20 bits per heavy atom. The minimum Gasteiger partial charge on any atom is -0.493 e. The van der Waals surface area contributed by atoms with Gasteiger partial charge >= 0.3 is 0 Å². The molecular weight excluding hydrogens is 336 g/mol. The number of carbonyl (C=O) groups excluding carboxylic acids is 1. The summed E-state index contributed by atoms with van der Waals surface area (Å²) in [5.41, 5.74) is 1.14. The summed E-state index contributed by atoms with van der Waals surface area (Å²) in [5.74, 6) is 2.13. The third-order valence-corrected chi connectivity index (χ3v) is 5.13. The number of nitrogens with zero attached hydrogens (tertiary/aromatic N) is 1. The standard InChI is InChI=1S/C20H30N2O2.ClH/c1-16-5-2-3-6-19(16)24-14-4-7-20(23)22-12-10-18(11-13-22)21-15-17-8-9-17;/h2-3,5-6,17-18,21H,4,7-15H2,1H3;1H. The Morgan fingerprint density at radius 3 is 2.60 bits per heavy atom. The summed E-state index contributed by atoms with van der Waals surface area (Å²) < 4.78 is 5.77. The van der Waals surface area contributed by atoms with E-state index in [9.17, 15) is 4.79 Å². The second-order valence-electron chi connectivity index (χ2n) is 7.22. The molecule has 4 nitrogen and oxygen atoms in total. The van der Waals surface area contributed by atoms with Crippen molar-refractivity contribution in [2.75, 3.05) is 26.2 Å². The molecule has 0 spiro atoms. The zero-order valence-electron chi connectivity index (χ0n) is 15.2. The molecule has 2 fully saturated rings. The number of ether oxygens (including phenoxy) is 1. The van der Waals surface area contributed by atoms with Crippen LogP contribution in [0.4, 0.5) is 0 Å². The van der Waals surface area contributed by atoms with E-state index in [2.05, 4.69) is 5.32 Å². The minimum atomic E-state index is 0. The molecule has 0 unspecified atom stereocenters. The van der Waals surface area contributed by atoms with Gasteiger partial charge in [0.25, 0.3) is 0 Å². The van der Waals surface area contributed by atoms with E-state index < -0.39 is 0 Å². The van der Waals surface area contributed by atoms with Gasteiger partial charge in [0, 0.05) is 25.6 Å². The second kappa shape index (κ2) is 10.0. The number of hydrogen-bond donors (Lipinski definition) is 1. The topological polar surface area (TPSA) is 41.6 Å². The summed E-state index contributed by atoms with van der Waals surface area (Å²) in [6.45, 7) is 5.63. The molecule has 0 radical (unpaired) electrons. The fourth-order valence-corrected chi connectivity index (χ4v) is 3.27. The highest BCUT2D eigenvalue weighted by Crippen LogP contribution is 2.28. The maximum Gasteiger partial charge on any atom is 0.222 e. The number of hydrogen-bond acceptors (Lipinski definition) is 3. The number of nitrogens with one attached hydrogen (secondary N) is 1. The molecule has 2 aliphatic rings. The van der Waals surface area contributed by atoms with Crippen LogP contribution in [0.25, 0.3) is 0 Å². The monoisotopic (exact) mass is 366 g/mol.